The fourth-order valence-corrected chi connectivity index (χ4v) is 4.33. The van der Waals surface area contributed by atoms with Crippen molar-refractivity contribution in [3.8, 4) is 5.75 Å². The number of anilines is 1. The number of para-hydroxylation sites is 1. The largest absolute Gasteiger partial charge is 0.480 e. The first kappa shape index (κ1) is 17.8. The zero-order valence-electron chi connectivity index (χ0n) is 16.2. The van der Waals surface area contributed by atoms with E-state index in [-0.39, 0.29) is 11.6 Å². The Kier molecular flexibility index (Phi) is 3.89. The van der Waals surface area contributed by atoms with Crippen molar-refractivity contribution < 1.29 is 13.5 Å². The van der Waals surface area contributed by atoms with Crippen LogP contribution in [0.5, 0.6) is 5.75 Å². The van der Waals surface area contributed by atoms with Crippen LogP contribution >= 0.6 is 0 Å². The molecule has 0 bridgehead atoms. The number of ether oxygens (including phenoxy) is 1. The van der Waals surface area contributed by atoms with Crippen LogP contribution in [0.4, 0.5) is 14.7 Å². The molecular weight excluding hydrogens is 398 g/mol. The lowest BCUT2D eigenvalue weighted by molar-refractivity contribution is 0.222. The van der Waals surface area contributed by atoms with Gasteiger partial charge >= 0.3 is 0 Å². The fraction of sp³-hybridized carbons (Fsp3) is 0.0833. The van der Waals surface area contributed by atoms with Crippen molar-refractivity contribution in [1.29, 1.82) is 0 Å². The summed E-state index contributed by atoms with van der Waals surface area (Å²) in [6.07, 6.45) is 0.904. The van der Waals surface area contributed by atoms with E-state index in [1.165, 1.54) is 30.6 Å². The first-order valence-corrected chi connectivity index (χ1v) is 9.86. The lowest BCUT2D eigenvalue weighted by atomic mass is 9.84. The van der Waals surface area contributed by atoms with Crippen LogP contribution in [0.3, 0.4) is 0 Å². The Morgan fingerprint density at radius 1 is 0.871 bits per heavy atom. The molecule has 0 aliphatic carbocycles. The second-order valence-electron chi connectivity index (χ2n) is 7.49. The summed E-state index contributed by atoms with van der Waals surface area (Å²) in [7, 11) is 0. The number of rotatable bonds is 2. The van der Waals surface area contributed by atoms with Crippen molar-refractivity contribution in [1.82, 2.24) is 14.8 Å². The van der Waals surface area contributed by atoms with Gasteiger partial charge in [0.1, 0.15) is 35.9 Å². The minimum atomic E-state index is -0.569. The van der Waals surface area contributed by atoms with Gasteiger partial charge in [0.2, 0.25) is 5.95 Å². The molecule has 2 aliphatic rings. The van der Waals surface area contributed by atoms with Gasteiger partial charge in [-0.2, -0.15) is 10.1 Å². The number of nitrogens with zero attached hydrogens (tertiary/aromatic N) is 3. The van der Waals surface area contributed by atoms with Crippen LogP contribution in [-0.4, -0.2) is 14.8 Å². The number of nitrogens with one attached hydrogen (secondary N) is 1. The van der Waals surface area contributed by atoms with Crippen molar-refractivity contribution in [3.63, 3.8) is 0 Å². The van der Waals surface area contributed by atoms with Gasteiger partial charge in [-0.05, 0) is 47.5 Å². The number of hydrogen-bond acceptors (Lipinski definition) is 4. The molecule has 5 nitrogen and oxygen atoms in total. The highest BCUT2D eigenvalue weighted by atomic mass is 19.1. The molecule has 0 saturated carbocycles. The maximum Gasteiger partial charge on any atom is 0.226 e. The van der Waals surface area contributed by atoms with Crippen LogP contribution in [0.1, 0.15) is 28.8 Å². The molecule has 0 spiro atoms. The molecule has 0 fully saturated rings. The normalized spacial score (nSPS) is 19.0. The molecule has 6 rings (SSSR count). The Bertz CT molecular complexity index is 1330. The van der Waals surface area contributed by atoms with E-state index in [0.717, 1.165) is 22.4 Å². The average Bonchev–Trinajstić information content (AvgIpc) is 3.26. The van der Waals surface area contributed by atoms with E-state index < -0.39 is 12.1 Å². The predicted molar refractivity (Wildman–Crippen MR) is 111 cm³/mol. The van der Waals surface area contributed by atoms with Crippen molar-refractivity contribution in [2.75, 3.05) is 5.32 Å². The standard InChI is InChI=1S/C24H16F2N4O/c25-16-10-8-14(9-11-16)22-20-21(29-24-27-13-28-30(22)24)18-6-1-2-7-19(18)31-23(20)15-4-3-5-17(26)12-15/h1-13,22-23H,(H,27,28,29)/t22-,23-/m1/s1. The lowest BCUT2D eigenvalue weighted by Gasteiger charge is -2.39. The van der Waals surface area contributed by atoms with Gasteiger partial charge in [0.05, 0.1) is 5.70 Å². The molecule has 1 N–H and O–H groups in total. The summed E-state index contributed by atoms with van der Waals surface area (Å²) < 4.78 is 36.0. The zero-order chi connectivity index (χ0) is 20.9. The quantitative estimate of drug-likeness (QED) is 0.495. The fourth-order valence-electron chi connectivity index (χ4n) is 4.33. The number of halogens is 2. The molecule has 31 heavy (non-hydrogen) atoms. The molecule has 2 aliphatic heterocycles. The average molecular weight is 414 g/mol. The summed E-state index contributed by atoms with van der Waals surface area (Å²) in [5.41, 5.74) is 4.08. The maximum absolute atomic E-state index is 14.1. The number of benzene rings is 3. The summed E-state index contributed by atoms with van der Waals surface area (Å²) in [5.74, 6) is 0.597. The third-order valence-electron chi connectivity index (χ3n) is 5.66. The van der Waals surface area contributed by atoms with Crippen LogP contribution in [0.25, 0.3) is 5.70 Å². The van der Waals surface area contributed by atoms with E-state index in [2.05, 4.69) is 15.4 Å². The van der Waals surface area contributed by atoms with Crippen LogP contribution in [-0.2, 0) is 0 Å². The SMILES string of the molecule is Fc1ccc([C@@H]2C3=C(Nc4ncnn42)c2ccccc2O[C@@H]3c2cccc(F)c2)cc1. The van der Waals surface area contributed by atoms with Gasteiger partial charge in [-0.1, -0.05) is 36.4 Å². The van der Waals surface area contributed by atoms with E-state index in [4.69, 9.17) is 4.74 Å². The lowest BCUT2D eigenvalue weighted by Crippen LogP contribution is -2.32. The van der Waals surface area contributed by atoms with Gasteiger partial charge in [0.25, 0.3) is 0 Å². The van der Waals surface area contributed by atoms with Crippen LogP contribution in [0, 0.1) is 11.6 Å². The summed E-state index contributed by atoms with van der Waals surface area (Å²) in [4.78, 5) is 4.36. The maximum atomic E-state index is 14.1. The molecule has 0 radical (unpaired) electrons. The Balaban J connectivity index is 1.63. The number of hydrogen-bond donors (Lipinski definition) is 1. The van der Waals surface area contributed by atoms with Gasteiger partial charge < -0.3 is 10.1 Å². The molecule has 0 saturated heterocycles. The van der Waals surface area contributed by atoms with E-state index >= 15 is 0 Å². The topological polar surface area (TPSA) is 52.0 Å². The third kappa shape index (κ3) is 2.81. The minimum absolute atomic E-state index is 0.322. The van der Waals surface area contributed by atoms with Gasteiger partial charge in [-0.25, -0.2) is 13.5 Å². The molecule has 7 heteroatoms. The summed E-state index contributed by atoms with van der Waals surface area (Å²) in [5, 5.41) is 7.80. The zero-order valence-corrected chi connectivity index (χ0v) is 16.2. The molecule has 1 aromatic heterocycles. The predicted octanol–water partition coefficient (Wildman–Crippen LogP) is 5.12. The summed E-state index contributed by atoms with van der Waals surface area (Å²) in [6, 6.07) is 20.0. The highest BCUT2D eigenvalue weighted by Gasteiger charge is 2.40. The Morgan fingerprint density at radius 2 is 1.71 bits per heavy atom. The van der Waals surface area contributed by atoms with Gasteiger partial charge in [-0.3, -0.25) is 0 Å². The molecule has 3 aromatic carbocycles. The summed E-state index contributed by atoms with van der Waals surface area (Å²) >= 11 is 0. The molecule has 0 unspecified atom stereocenters. The number of fused-ring (bicyclic) bond motifs is 3. The second-order valence-corrected chi connectivity index (χ2v) is 7.49. The first-order chi connectivity index (χ1) is 15.2. The molecule has 3 heterocycles. The minimum Gasteiger partial charge on any atom is -0.480 e. The molecule has 2 atom stereocenters. The van der Waals surface area contributed by atoms with E-state index in [1.807, 2.05) is 30.3 Å². The molecule has 4 aromatic rings. The van der Waals surface area contributed by atoms with E-state index in [9.17, 15) is 8.78 Å². The first-order valence-electron chi connectivity index (χ1n) is 9.86. The van der Waals surface area contributed by atoms with Crippen LogP contribution < -0.4 is 10.1 Å². The van der Waals surface area contributed by atoms with Crippen LogP contribution in [0.15, 0.2) is 84.7 Å². The third-order valence-corrected chi connectivity index (χ3v) is 5.66. The Hall–Kier alpha value is -4.00. The van der Waals surface area contributed by atoms with Crippen LogP contribution in [0.2, 0.25) is 0 Å². The highest BCUT2D eigenvalue weighted by Crippen LogP contribution is 2.50. The van der Waals surface area contributed by atoms with Gasteiger partial charge in [0.15, 0.2) is 0 Å². The van der Waals surface area contributed by atoms with Crippen molar-refractivity contribution in [2.24, 2.45) is 0 Å². The van der Waals surface area contributed by atoms with E-state index in [0.29, 0.717) is 17.3 Å². The van der Waals surface area contributed by atoms with E-state index in [1.54, 1.807) is 22.9 Å². The van der Waals surface area contributed by atoms with Crippen molar-refractivity contribution in [2.45, 2.75) is 12.1 Å². The highest BCUT2D eigenvalue weighted by molar-refractivity contribution is 5.85. The summed E-state index contributed by atoms with van der Waals surface area (Å²) in [6.45, 7) is 0. The smallest absolute Gasteiger partial charge is 0.226 e. The molecule has 0 amide bonds. The Morgan fingerprint density at radius 3 is 2.55 bits per heavy atom. The van der Waals surface area contributed by atoms with Crippen molar-refractivity contribution in [3.05, 3.63) is 113 Å². The Labute approximate surface area is 176 Å². The molecule has 152 valence electrons. The monoisotopic (exact) mass is 414 g/mol. The van der Waals surface area contributed by atoms with Crippen molar-refractivity contribution >= 4 is 11.6 Å². The second kappa shape index (κ2) is 6.77. The number of aromatic nitrogens is 3. The van der Waals surface area contributed by atoms with Gasteiger partial charge in [-0.15, -0.1) is 0 Å². The van der Waals surface area contributed by atoms with Gasteiger partial charge in [0, 0.05) is 11.1 Å². The molecular formula is C24H16F2N4O.